The van der Waals surface area contributed by atoms with E-state index in [0.29, 0.717) is 16.5 Å². The minimum Gasteiger partial charge on any atom is -0.504 e. The zero-order valence-corrected chi connectivity index (χ0v) is 15.7. The van der Waals surface area contributed by atoms with Crippen molar-refractivity contribution in [3.05, 3.63) is 57.9 Å². The average Bonchev–Trinajstić information content (AvgIpc) is 3.12. The van der Waals surface area contributed by atoms with Gasteiger partial charge >= 0.3 is 11.6 Å². The molecule has 2 heterocycles. The fraction of sp³-hybridized carbons (Fsp3) is 0.238. The summed E-state index contributed by atoms with van der Waals surface area (Å²) in [5.41, 5.74) is 0.123. The number of carbonyl (C=O) groups excluding carboxylic acids is 1. The van der Waals surface area contributed by atoms with Crippen molar-refractivity contribution in [3.8, 4) is 23.0 Å². The third kappa shape index (κ3) is 2.93. The zero-order valence-electron chi connectivity index (χ0n) is 15.7. The maximum atomic E-state index is 12.8. The molecule has 0 fully saturated rings. The number of benzene rings is 2. The number of rotatable bonds is 4. The fourth-order valence-electron chi connectivity index (χ4n) is 3.58. The molecule has 0 bridgehead atoms. The van der Waals surface area contributed by atoms with E-state index >= 15 is 0 Å². The van der Waals surface area contributed by atoms with Crippen LogP contribution in [-0.2, 0) is 9.53 Å². The fourth-order valence-corrected chi connectivity index (χ4v) is 3.58. The van der Waals surface area contributed by atoms with Gasteiger partial charge in [-0.2, -0.15) is 0 Å². The van der Waals surface area contributed by atoms with E-state index in [2.05, 4.69) is 0 Å². The Hall–Kier alpha value is -3.68. The van der Waals surface area contributed by atoms with Crippen molar-refractivity contribution in [1.82, 2.24) is 0 Å². The molecule has 0 saturated carbocycles. The van der Waals surface area contributed by atoms with Crippen LogP contribution in [0.5, 0.6) is 23.0 Å². The van der Waals surface area contributed by atoms with E-state index in [1.807, 2.05) is 0 Å². The topological polar surface area (TPSA) is 115 Å². The van der Waals surface area contributed by atoms with Gasteiger partial charge < -0.3 is 28.8 Å². The van der Waals surface area contributed by atoms with Gasteiger partial charge in [-0.15, -0.1) is 0 Å². The molecule has 0 amide bonds. The van der Waals surface area contributed by atoms with Crippen LogP contribution >= 0.6 is 0 Å². The summed E-state index contributed by atoms with van der Waals surface area (Å²) in [6.07, 6.45) is -1.17. The molecule has 1 aliphatic heterocycles. The lowest BCUT2D eigenvalue weighted by Gasteiger charge is -2.18. The van der Waals surface area contributed by atoms with Crippen LogP contribution in [0.25, 0.3) is 11.0 Å². The summed E-state index contributed by atoms with van der Waals surface area (Å²) in [6.45, 7) is 1.79. The van der Waals surface area contributed by atoms with E-state index in [-0.39, 0.29) is 23.7 Å². The van der Waals surface area contributed by atoms with Gasteiger partial charge in [-0.25, -0.2) is 9.59 Å². The molecule has 0 radical (unpaired) electrons. The van der Waals surface area contributed by atoms with Crippen molar-refractivity contribution in [1.29, 1.82) is 0 Å². The summed E-state index contributed by atoms with van der Waals surface area (Å²) >= 11 is 0. The van der Waals surface area contributed by atoms with Crippen LogP contribution in [0.4, 0.5) is 0 Å². The first-order valence-corrected chi connectivity index (χ1v) is 8.95. The van der Waals surface area contributed by atoms with Gasteiger partial charge in [0.25, 0.3) is 0 Å². The van der Waals surface area contributed by atoms with Crippen LogP contribution < -0.4 is 15.1 Å². The van der Waals surface area contributed by atoms with Gasteiger partial charge in [-0.05, 0) is 36.8 Å². The van der Waals surface area contributed by atoms with Gasteiger partial charge in [-0.3, -0.25) is 0 Å². The molecule has 1 aliphatic rings. The highest BCUT2D eigenvalue weighted by Gasteiger charge is 2.45. The third-order valence-corrected chi connectivity index (χ3v) is 4.83. The van der Waals surface area contributed by atoms with Gasteiger partial charge in [-0.1, -0.05) is 12.1 Å². The molecule has 2 atom stereocenters. The predicted molar refractivity (Wildman–Crippen MR) is 102 cm³/mol. The molecule has 29 heavy (non-hydrogen) atoms. The smallest absolute Gasteiger partial charge is 0.348 e. The Morgan fingerprint density at radius 1 is 1.21 bits per heavy atom. The highest BCUT2D eigenvalue weighted by molar-refractivity contribution is 5.88. The van der Waals surface area contributed by atoms with Crippen molar-refractivity contribution in [2.75, 3.05) is 13.7 Å². The van der Waals surface area contributed by atoms with Crippen LogP contribution in [0.1, 0.15) is 24.0 Å². The summed E-state index contributed by atoms with van der Waals surface area (Å²) in [5.74, 6) is -2.28. The van der Waals surface area contributed by atoms with E-state index < -0.39 is 35.1 Å². The third-order valence-electron chi connectivity index (χ3n) is 4.83. The summed E-state index contributed by atoms with van der Waals surface area (Å²) in [5, 5.41) is 20.6. The van der Waals surface area contributed by atoms with E-state index in [1.165, 1.54) is 19.2 Å². The van der Waals surface area contributed by atoms with Crippen molar-refractivity contribution in [2.24, 2.45) is 0 Å². The van der Waals surface area contributed by atoms with Gasteiger partial charge in [0.2, 0.25) is 11.9 Å². The van der Waals surface area contributed by atoms with Gasteiger partial charge in [0, 0.05) is 0 Å². The van der Waals surface area contributed by atoms with Gasteiger partial charge in [0.1, 0.15) is 11.3 Å². The molecule has 0 saturated heterocycles. The Kier molecular flexibility index (Phi) is 4.54. The highest BCUT2D eigenvalue weighted by Crippen LogP contribution is 2.47. The second-order valence-corrected chi connectivity index (χ2v) is 6.49. The molecule has 150 valence electrons. The molecule has 0 unspecified atom stereocenters. The first kappa shape index (κ1) is 18.7. The van der Waals surface area contributed by atoms with Gasteiger partial charge in [0.15, 0.2) is 11.5 Å². The van der Waals surface area contributed by atoms with Crippen molar-refractivity contribution < 1.29 is 33.6 Å². The molecular weight excluding hydrogens is 380 g/mol. The first-order valence-electron chi connectivity index (χ1n) is 8.95. The molecule has 4 rings (SSSR count). The maximum absolute atomic E-state index is 12.8. The Morgan fingerprint density at radius 2 is 1.97 bits per heavy atom. The molecule has 1 aromatic heterocycles. The number of fused-ring (bicyclic) bond motifs is 3. The summed E-state index contributed by atoms with van der Waals surface area (Å²) in [4.78, 5) is 25.4. The highest BCUT2D eigenvalue weighted by atomic mass is 16.6. The number of ether oxygens (including phenoxy) is 3. The normalized spacial score (nSPS) is 17.6. The SMILES string of the molecule is CCOC(=O)[C@H]1Oc2c(c(=O)oc3ccccc23)[C@@H]1c1cc(O)c(O)c(OC)c1. The Morgan fingerprint density at radius 3 is 2.69 bits per heavy atom. The average molecular weight is 398 g/mol. The van der Waals surface area contributed by atoms with Crippen molar-refractivity contribution in [2.45, 2.75) is 18.9 Å². The van der Waals surface area contributed by atoms with Crippen LogP contribution in [0.3, 0.4) is 0 Å². The van der Waals surface area contributed by atoms with Crippen LogP contribution in [-0.4, -0.2) is 36.0 Å². The molecule has 8 nitrogen and oxygen atoms in total. The maximum Gasteiger partial charge on any atom is 0.348 e. The van der Waals surface area contributed by atoms with Crippen molar-refractivity contribution >= 4 is 16.9 Å². The number of hydrogen-bond acceptors (Lipinski definition) is 8. The molecule has 0 spiro atoms. The van der Waals surface area contributed by atoms with E-state index in [0.717, 1.165) is 0 Å². The Labute approximate surface area is 164 Å². The predicted octanol–water partition coefficient (Wildman–Crippen LogP) is 2.67. The lowest BCUT2D eigenvalue weighted by atomic mass is 9.88. The Balaban J connectivity index is 1.98. The van der Waals surface area contributed by atoms with Crippen molar-refractivity contribution in [3.63, 3.8) is 0 Å². The standard InChI is InChI=1S/C21H18O8/c1-3-27-21(25)19-15(10-8-12(22)17(23)14(9-10)26-2)16-18(29-19)11-6-4-5-7-13(11)28-20(16)24/h4-9,15,19,22-23H,3H2,1-2H3/t15-,19-/m0/s1. The number of para-hydroxylation sites is 1. The molecule has 0 aliphatic carbocycles. The molecule has 8 heteroatoms. The number of methoxy groups -OCH3 is 1. The summed E-state index contributed by atoms with van der Waals surface area (Å²) in [6, 6.07) is 9.50. The lowest BCUT2D eigenvalue weighted by Crippen LogP contribution is -2.32. The number of hydrogen-bond donors (Lipinski definition) is 2. The zero-order chi connectivity index (χ0) is 20.7. The summed E-state index contributed by atoms with van der Waals surface area (Å²) < 4.78 is 21.6. The van der Waals surface area contributed by atoms with Gasteiger partial charge in [0.05, 0.1) is 30.6 Å². The lowest BCUT2D eigenvalue weighted by molar-refractivity contribution is -0.151. The number of aromatic hydroxyl groups is 2. The van der Waals surface area contributed by atoms with E-state index in [4.69, 9.17) is 18.6 Å². The van der Waals surface area contributed by atoms with E-state index in [1.54, 1.807) is 31.2 Å². The van der Waals surface area contributed by atoms with Crippen LogP contribution in [0.2, 0.25) is 0 Å². The number of phenols is 2. The monoisotopic (exact) mass is 398 g/mol. The molecular formula is C21H18O8. The minimum absolute atomic E-state index is 0.0127. The minimum atomic E-state index is -1.17. The number of esters is 1. The molecule has 3 aromatic rings. The summed E-state index contributed by atoms with van der Waals surface area (Å²) in [7, 11) is 1.32. The first-order chi connectivity index (χ1) is 14.0. The second-order valence-electron chi connectivity index (χ2n) is 6.49. The van der Waals surface area contributed by atoms with E-state index in [9.17, 15) is 19.8 Å². The van der Waals surface area contributed by atoms with Crippen LogP contribution in [0, 0.1) is 0 Å². The van der Waals surface area contributed by atoms with Crippen LogP contribution in [0.15, 0.2) is 45.6 Å². The molecule has 2 N–H and O–H groups in total. The molecule has 2 aromatic carbocycles. The quantitative estimate of drug-likeness (QED) is 0.392. The Bertz CT molecular complexity index is 1160. The number of phenolic OH excluding ortho intramolecular Hbond substituents is 2. The largest absolute Gasteiger partial charge is 0.504 e. The number of carbonyl (C=O) groups is 1. The second kappa shape index (κ2) is 7.05.